The largest absolute Gasteiger partial charge is 0.492 e. The Balaban J connectivity index is 1.17. The van der Waals surface area contributed by atoms with Crippen molar-refractivity contribution in [2.45, 2.75) is 32.1 Å². The highest BCUT2D eigenvalue weighted by atomic mass is 16.5. The molecule has 0 saturated carbocycles. The van der Waals surface area contributed by atoms with Crippen LogP contribution in [0.1, 0.15) is 32.3 Å². The van der Waals surface area contributed by atoms with Crippen molar-refractivity contribution in [1.29, 1.82) is 5.26 Å². The summed E-state index contributed by atoms with van der Waals surface area (Å²) in [6, 6.07) is 25.3. The third kappa shape index (κ3) is 6.51. The molecular formula is C31H38N4O. The fourth-order valence-corrected chi connectivity index (χ4v) is 5.14. The van der Waals surface area contributed by atoms with Gasteiger partial charge in [0.1, 0.15) is 12.4 Å². The van der Waals surface area contributed by atoms with Crippen LogP contribution in [0.4, 0.5) is 0 Å². The Morgan fingerprint density at radius 2 is 1.58 bits per heavy atom. The fourth-order valence-electron chi connectivity index (χ4n) is 5.14. The molecule has 0 aliphatic carbocycles. The van der Waals surface area contributed by atoms with Gasteiger partial charge in [-0.2, -0.15) is 5.26 Å². The molecule has 0 amide bonds. The van der Waals surface area contributed by atoms with E-state index in [1.165, 1.54) is 0 Å². The van der Waals surface area contributed by atoms with Crippen LogP contribution in [0.25, 0.3) is 11.1 Å². The highest BCUT2D eigenvalue weighted by Crippen LogP contribution is 2.36. The number of benzene rings is 2. The number of hydrogen-bond donors (Lipinski definition) is 0. The van der Waals surface area contributed by atoms with E-state index in [-0.39, 0.29) is 5.92 Å². The molecule has 2 aromatic carbocycles. The molecule has 4 rings (SSSR count). The third-order valence-electron chi connectivity index (χ3n) is 7.51. The van der Waals surface area contributed by atoms with Gasteiger partial charge >= 0.3 is 0 Å². The molecule has 1 fully saturated rings. The summed E-state index contributed by atoms with van der Waals surface area (Å²) < 4.78 is 6.00. The predicted molar refractivity (Wildman–Crippen MR) is 146 cm³/mol. The lowest BCUT2D eigenvalue weighted by Gasteiger charge is -2.36. The standard InChI is InChI=1S/C31H38N4O/c1-26(2)31(25-32,29-9-4-3-5-10-29)15-7-17-34-18-20-35(21-19-34)22-23-36-30-13-11-27(12-14-30)28-8-6-16-33-24-28/h3-6,8-14,16,24,26H,7,15,17-23H2,1-2H3. The van der Waals surface area contributed by atoms with E-state index in [0.29, 0.717) is 6.61 Å². The molecule has 0 N–H and O–H groups in total. The Morgan fingerprint density at radius 1 is 0.889 bits per heavy atom. The van der Waals surface area contributed by atoms with E-state index in [9.17, 15) is 5.26 Å². The minimum Gasteiger partial charge on any atom is -0.492 e. The van der Waals surface area contributed by atoms with Gasteiger partial charge in [0.25, 0.3) is 0 Å². The van der Waals surface area contributed by atoms with Crippen LogP contribution in [0.2, 0.25) is 0 Å². The summed E-state index contributed by atoms with van der Waals surface area (Å²) in [5.74, 6) is 1.19. The summed E-state index contributed by atoms with van der Waals surface area (Å²) in [5, 5.41) is 10.1. The molecule has 1 aliphatic heterocycles. The predicted octanol–water partition coefficient (Wildman–Crippen LogP) is 5.64. The molecule has 1 atom stereocenters. The maximum absolute atomic E-state index is 10.1. The summed E-state index contributed by atoms with van der Waals surface area (Å²) in [6.07, 6.45) is 5.61. The molecule has 5 nitrogen and oxygen atoms in total. The van der Waals surface area contributed by atoms with Crippen LogP contribution < -0.4 is 4.74 Å². The number of nitriles is 1. The highest BCUT2D eigenvalue weighted by molar-refractivity contribution is 5.62. The summed E-state index contributed by atoms with van der Waals surface area (Å²) in [6.45, 7) is 11.3. The summed E-state index contributed by atoms with van der Waals surface area (Å²) in [4.78, 5) is 9.22. The Bertz CT molecular complexity index is 1090. The first-order valence-electron chi connectivity index (χ1n) is 13.2. The van der Waals surface area contributed by atoms with E-state index in [0.717, 1.165) is 74.6 Å². The van der Waals surface area contributed by atoms with Crippen molar-refractivity contribution >= 4 is 0 Å². The van der Waals surface area contributed by atoms with E-state index in [1.807, 2.05) is 42.6 Å². The molecule has 1 aromatic heterocycles. The first kappa shape index (κ1) is 25.9. The van der Waals surface area contributed by atoms with Gasteiger partial charge in [-0.15, -0.1) is 0 Å². The molecule has 0 radical (unpaired) electrons. The lowest BCUT2D eigenvalue weighted by molar-refractivity contribution is 0.114. The fraction of sp³-hybridized carbons (Fsp3) is 0.419. The minimum absolute atomic E-state index is 0.285. The van der Waals surface area contributed by atoms with Crippen LogP contribution in [0.3, 0.4) is 0 Å². The molecule has 188 valence electrons. The SMILES string of the molecule is CC(C)C(C#N)(CCCN1CCN(CCOc2ccc(-c3cccnc3)cc2)CC1)c1ccccc1. The van der Waals surface area contributed by atoms with Crippen molar-refractivity contribution in [3.05, 3.63) is 84.7 Å². The number of rotatable bonds is 11. The normalized spacial score (nSPS) is 16.4. The Labute approximate surface area is 216 Å². The van der Waals surface area contributed by atoms with Crippen LogP contribution >= 0.6 is 0 Å². The number of piperazine rings is 1. The number of nitrogens with zero attached hydrogens (tertiary/aromatic N) is 4. The lowest BCUT2D eigenvalue weighted by Crippen LogP contribution is -2.47. The van der Waals surface area contributed by atoms with Crippen molar-refractivity contribution in [3.8, 4) is 22.9 Å². The minimum atomic E-state index is -0.406. The smallest absolute Gasteiger partial charge is 0.119 e. The number of aromatic nitrogens is 1. The van der Waals surface area contributed by atoms with Crippen molar-refractivity contribution in [2.75, 3.05) is 45.9 Å². The van der Waals surface area contributed by atoms with Gasteiger partial charge in [0.2, 0.25) is 0 Å². The van der Waals surface area contributed by atoms with Gasteiger partial charge in [-0.3, -0.25) is 9.88 Å². The zero-order valence-corrected chi connectivity index (χ0v) is 21.6. The summed E-state index contributed by atoms with van der Waals surface area (Å²) >= 11 is 0. The van der Waals surface area contributed by atoms with Gasteiger partial charge in [0.15, 0.2) is 0 Å². The van der Waals surface area contributed by atoms with E-state index in [2.05, 4.69) is 65.0 Å². The maximum atomic E-state index is 10.1. The van der Waals surface area contributed by atoms with Gasteiger partial charge in [-0.1, -0.05) is 62.4 Å². The number of pyridine rings is 1. The second kappa shape index (κ2) is 12.7. The average Bonchev–Trinajstić information content (AvgIpc) is 2.93. The van der Waals surface area contributed by atoms with Crippen molar-refractivity contribution in [1.82, 2.24) is 14.8 Å². The maximum Gasteiger partial charge on any atom is 0.119 e. The molecule has 1 aliphatic rings. The monoisotopic (exact) mass is 482 g/mol. The molecule has 1 saturated heterocycles. The topological polar surface area (TPSA) is 52.4 Å². The number of ether oxygens (including phenoxy) is 1. The van der Waals surface area contributed by atoms with Crippen LogP contribution in [0, 0.1) is 17.2 Å². The molecule has 2 heterocycles. The van der Waals surface area contributed by atoms with Crippen molar-refractivity contribution in [3.63, 3.8) is 0 Å². The Kier molecular flexibility index (Phi) is 9.11. The van der Waals surface area contributed by atoms with E-state index < -0.39 is 5.41 Å². The first-order chi connectivity index (χ1) is 17.6. The summed E-state index contributed by atoms with van der Waals surface area (Å²) in [7, 11) is 0. The molecule has 36 heavy (non-hydrogen) atoms. The van der Waals surface area contributed by atoms with Gasteiger partial charge in [-0.05, 0) is 60.2 Å². The molecular weight excluding hydrogens is 444 g/mol. The molecule has 5 heteroatoms. The van der Waals surface area contributed by atoms with Gasteiger partial charge in [0.05, 0.1) is 11.5 Å². The van der Waals surface area contributed by atoms with Gasteiger partial charge in [-0.25, -0.2) is 0 Å². The first-order valence-corrected chi connectivity index (χ1v) is 13.2. The van der Waals surface area contributed by atoms with Crippen LogP contribution in [0.15, 0.2) is 79.1 Å². The zero-order chi connectivity index (χ0) is 25.2. The Hall–Kier alpha value is -3.20. The second-order valence-electron chi connectivity index (χ2n) is 10.0. The molecule has 0 bridgehead atoms. The van der Waals surface area contributed by atoms with Crippen LogP contribution in [0.5, 0.6) is 5.75 Å². The van der Waals surface area contributed by atoms with Gasteiger partial charge < -0.3 is 9.64 Å². The zero-order valence-electron chi connectivity index (χ0n) is 21.6. The lowest BCUT2D eigenvalue weighted by atomic mass is 9.70. The Morgan fingerprint density at radius 3 is 2.19 bits per heavy atom. The third-order valence-corrected chi connectivity index (χ3v) is 7.51. The molecule has 3 aromatic rings. The average molecular weight is 483 g/mol. The van der Waals surface area contributed by atoms with E-state index in [4.69, 9.17) is 4.74 Å². The van der Waals surface area contributed by atoms with Crippen LogP contribution in [-0.4, -0.2) is 60.7 Å². The van der Waals surface area contributed by atoms with Crippen LogP contribution in [-0.2, 0) is 5.41 Å². The number of hydrogen-bond acceptors (Lipinski definition) is 5. The quantitative estimate of drug-likeness (QED) is 0.354. The second-order valence-corrected chi connectivity index (χ2v) is 10.0. The highest BCUT2D eigenvalue weighted by Gasteiger charge is 2.35. The molecule has 0 spiro atoms. The van der Waals surface area contributed by atoms with E-state index in [1.54, 1.807) is 6.20 Å². The summed E-state index contributed by atoms with van der Waals surface area (Å²) in [5.41, 5.74) is 3.01. The van der Waals surface area contributed by atoms with Gasteiger partial charge in [0, 0.05) is 45.1 Å². The van der Waals surface area contributed by atoms with Crippen molar-refractivity contribution in [2.24, 2.45) is 5.92 Å². The van der Waals surface area contributed by atoms with Crippen molar-refractivity contribution < 1.29 is 4.74 Å². The van der Waals surface area contributed by atoms with E-state index >= 15 is 0 Å². The molecule has 1 unspecified atom stereocenters.